The van der Waals surface area contributed by atoms with Crippen molar-refractivity contribution in [3.05, 3.63) is 121 Å². The molecule has 0 aliphatic carbocycles. The van der Waals surface area contributed by atoms with E-state index in [2.05, 4.69) is 72.8 Å². The van der Waals surface area contributed by atoms with Crippen LogP contribution in [0, 0.1) is 0 Å². The minimum Gasteiger partial charge on any atom is -0.497 e. The van der Waals surface area contributed by atoms with Gasteiger partial charge in [0.15, 0.2) is 0 Å². The first kappa shape index (κ1) is 22.7. The molecule has 0 saturated carbocycles. The first-order valence-corrected chi connectivity index (χ1v) is 12.3. The van der Waals surface area contributed by atoms with Gasteiger partial charge in [-0.1, -0.05) is 72.8 Å². The Balaban J connectivity index is 1.52. The van der Waals surface area contributed by atoms with Crippen molar-refractivity contribution in [1.82, 2.24) is 9.97 Å². The minimum atomic E-state index is 0.608. The van der Waals surface area contributed by atoms with Crippen LogP contribution in [0.25, 0.3) is 44.1 Å². The fourth-order valence-corrected chi connectivity index (χ4v) is 4.83. The average Bonchev–Trinajstić information content (AvgIpc) is 2.97. The van der Waals surface area contributed by atoms with Crippen molar-refractivity contribution in [3.63, 3.8) is 0 Å². The smallest absolute Gasteiger partial charge is 0.119 e. The van der Waals surface area contributed by atoms with Crippen LogP contribution in [0.1, 0.15) is 11.4 Å². The summed E-state index contributed by atoms with van der Waals surface area (Å²) in [5.74, 6) is 1.63. The van der Waals surface area contributed by atoms with Gasteiger partial charge in [-0.25, -0.2) is 0 Å². The number of aromatic nitrogens is 2. The van der Waals surface area contributed by atoms with E-state index >= 15 is 0 Å². The number of hydrogen-bond acceptors (Lipinski definition) is 4. The average molecular weight is 483 g/mol. The van der Waals surface area contributed by atoms with Crippen molar-refractivity contribution in [1.29, 1.82) is 0 Å². The van der Waals surface area contributed by atoms with Gasteiger partial charge in [0.2, 0.25) is 0 Å². The normalized spacial score (nSPS) is 11.1. The van der Waals surface area contributed by atoms with Crippen LogP contribution in [0.2, 0.25) is 0 Å². The lowest BCUT2D eigenvalue weighted by Crippen LogP contribution is -2.01. The zero-order valence-electron chi connectivity index (χ0n) is 20.8. The molecular formula is C33H26N2O2. The van der Waals surface area contributed by atoms with E-state index in [4.69, 9.17) is 19.4 Å². The molecule has 0 atom stereocenters. The Morgan fingerprint density at radius 1 is 0.514 bits per heavy atom. The molecule has 4 aromatic carbocycles. The molecule has 0 unspecified atom stereocenters. The summed E-state index contributed by atoms with van der Waals surface area (Å²) in [6, 6.07) is 37.2. The highest BCUT2D eigenvalue weighted by Gasteiger charge is 2.14. The van der Waals surface area contributed by atoms with Crippen molar-refractivity contribution >= 4 is 21.5 Å². The number of methoxy groups -OCH3 is 2. The van der Waals surface area contributed by atoms with Crippen molar-refractivity contribution < 1.29 is 9.47 Å². The predicted octanol–water partition coefficient (Wildman–Crippen LogP) is 7.73. The third-order valence-corrected chi connectivity index (χ3v) is 6.70. The van der Waals surface area contributed by atoms with Gasteiger partial charge in [0, 0.05) is 28.3 Å². The standard InChI is InChI=1S/C33H26N2O2/c1-36-26-13-7-11-24(17-26)30-19-22-9-3-5-15-28(22)32(34-30)21-33-29-16-6-4-10-23(29)20-31(35-33)25-12-8-14-27(18-25)37-2/h3-20H,21H2,1-2H3. The summed E-state index contributed by atoms with van der Waals surface area (Å²) in [6.45, 7) is 0. The summed E-state index contributed by atoms with van der Waals surface area (Å²) in [7, 11) is 3.37. The molecule has 0 fully saturated rings. The lowest BCUT2D eigenvalue weighted by molar-refractivity contribution is 0.415. The summed E-state index contributed by atoms with van der Waals surface area (Å²) < 4.78 is 10.9. The Labute approximate surface area is 216 Å². The molecule has 0 spiro atoms. The summed E-state index contributed by atoms with van der Waals surface area (Å²) >= 11 is 0. The van der Waals surface area contributed by atoms with Crippen LogP contribution < -0.4 is 9.47 Å². The molecule has 180 valence electrons. The van der Waals surface area contributed by atoms with E-state index in [0.717, 1.165) is 66.9 Å². The summed E-state index contributed by atoms with van der Waals surface area (Å²) in [5, 5.41) is 4.57. The number of ether oxygens (including phenoxy) is 2. The molecule has 2 heterocycles. The van der Waals surface area contributed by atoms with E-state index in [9.17, 15) is 0 Å². The highest BCUT2D eigenvalue weighted by Crippen LogP contribution is 2.31. The maximum Gasteiger partial charge on any atom is 0.119 e. The van der Waals surface area contributed by atoms with Gasteiger partial charge in [-0.3, -0.25) is 9.97 Å². The molecule has 0 radical (unpaired) electrons. The van der Waals surface area contributed by atoms with Gasteiger partial charge in [-0.2, -0.15) is 0 Å². The lowest BCUT2D eigenvalue weighted by atomic mass is 9.99. The lowest BCUT2D eigenvalue weighted by Gasteiger charge is -2.13. The largest absolute Gasteiger partial charge is 0.497 e. The molecule has 0 N–H and O–H groups in total. The van der Waals surface area contributed by atoms with E-state index in [-0.39, 0.29) is 0 Å². The fraction of sp³-hybridized carbons (Fsp3) is 0.0909. The second-order valence-corrected chi connectivity index (χ2v) is 8.99. The van der Waals surface area contributed by atoms with E-state index in [1.807, 2.05) is 36.4 Å². The Kier molecular flexibility index (Phi) is 5.99. The Morgan fingerprint density at radius 2 is 0.973 bits per heavy atom. The third kappa shape index (κ3) is 4.50. The van der Waals surface area contributed by atoms with Crippen LogP contribution in [0.15, 0.2) is 109 Å². The van der Waals surface area contributed by atoms with Gasteiger partial charge in [-0.05, 0) is 47.2 Å². The Morgan fingerprint density at radius 3 is 1.43 bits per heavy atom. The van der Waals surface area contributed by atoms with Crippen LogP contribution in [-0.4, -0.2) is 24.2 Å². The predicted molar refractivity (Wildman–Crippen MR) is 150 cm³/mol. The fourth-order valence-electron chi connectivity index (χ4n) is 4.83. The van der Waals surface area contributed by atoms with Gasteiger partial charge < -0.3 is 9.47 Å². The number of hydrogen-bond donors (Lipinski definition) is 0. The molecule has 0 amide bonds. The van der Waals surface area contributed by atoms with Crippen LogP contribution >= 0.6 is 0 Å². The van der Waals surface area contributed by atoms with Crippen molar-refractivity contribution in [2.75, 3.05) is 14.2 Å². The molecule has 4 nitrogen and oxygen atoms in total. The van der Waals surface area contributed by atoms with Gasteiger partial charge in [-0.15, -0.1) is 0 Å². The van der Waals surface area contributed by atoms with Crippen LogP contribution in [0.3, 0.4) is 0 Å². The summed E-state index contributed by atoms with van der Waals surface area (Å²) in [6.07, 6.45) is 0.608. The molecule has 4 heteroatoms. The van der Waals surface area contributed by atoms with Crippen molar-refractivity contribution in [2.45, 2.75) is 6.42 Å². The third-order valence-electron chi connectivity index (χ3n) is 6.70. The molecule has 6 rings (SSSR count). The Hall–Kier alpha value is -4.70. The van der Waals surface area contributed by atoms with Gasteiger partial charge in [0.05, 0.1) is 37.0 Å². The first-order chi connectivity index (χ1) is 18.2. The van der Waals surface area contributed by atoms with Gasteiger partial charge in [0.1, 0.15) is 11.5 Å². The number of benzene rings is 4. The van der Waals surface area contributed by atoms with Crippen molar-refractivity contribution in [3.8, 4) is 34.0 Å². The zero-order chi connectivity index (χ0) is 25.2. The molecule has 2 aromatic heterocycles. The molecule has 0 bridgehead atoms. The van der Waals surface area contributed by atoms with E-state index < -0.39 is 0 Å². The molecule has 0 aliphatic rings. The summed E-state index contributed by atoms with van der Waals surface area (Å²) in [4.78, 5) is 10.3. The van der Waals surface area contributed by atoms with E-state index in [0.29, 0.717) is 6.42 Å². The van der Waals surface area contributed by atoms with Crippen LogP contribution in [0.5, 0.6) is 11.5 Å². The quantitative estimate of drug-likeness (QED) is 0.244. The summed E-state index contributed by atoms with van der Waals surface area (Å²) in [5.41, 5.74) is 5.87. The minimum absolute atomic E-state index is 0.608. The van der Waals surface area contributed by atoms with Crippen LogP contribution in [0.4, 0.5) is 0 Å². The number of rotatable bonds is 6. The Bertz CT molecular complexity index is 1610. The molecule has 0 aliphatic heterocycles. The topological polar surface area (TPSA) is 44.2 Å². The zero-order valence-corrected chi connectivity index (χ0v) is 20.8. The molecular weight excluding hydrogens is 456 g/mol. The number of nitrogens with zero attached hydrogens (tertiary/aromatic N) is 2. The van der Waals surface area contributed by atoms with Gasteiger partial charge >= 0.3 is 0 Å². The second-order valence-electron chi connectivity index (χ2n) is 8.99. The number of fused-ring (bicyclic) bond motifs is 2. The maximum atomic E-state index is 5.46. The molecule has 37 heavy (non-hydrogen) atoms. The maximum absolute atomic E-state index is 5.46. The first-order valence-electron chi connectivity index (χ1n) is 12.3. The monoisotopic (exact) mass is 482 g/mol. The van der Waals surface area contributed by atoms with Crippen LogP contribution in [-0.2, 0) is 6.42 Å². The van der Waals surface area contributed by atoms with E-state index in [1.165, 1.54) is 0 Å². The highest BCUT2D eigenvalue weighted by molar-refractivity contribution is 5.91. The number of pyridine rings is 2. The van der Waals surface area contributed by atoms with Gasteiger partial charge in [0.25, 0.3) is 0 Å². The highest BCUT2D eigenvalue weighted by atomic mass is 16.5. The molecule has 0 saturated heterocycles. The van der Waals surface area contributed by atoms with Crippen molar-refractivity contribution in [2.24, 2.45) is 0 Å². The molecule has 6 aromatic rings. The van der Waals surface area contributed by atoms with E-state index in [1.54, 1.807) is 14.2 Å². The SMILES string of the molecule is COc1cccc(-c2cc3ccccc3c(Cc3nc(-c4cccc(OC)c4)cc4ccccc34)n2)c1. The second kappa shape index (κ2) is 9.75.